The molecule has 3 aromatic rings. The fourth-order valence-corrected chi connectivity index (χ4v) is 2.66. The number of benzene rings is 1. The highest BCUT2D eigenvalue weighted by Crippen LogP contribution is 2.28. The SMILES string of the molecule is Nc1cc2cc3oc(N4CCOCC4)nc3cc2nc1C(=O)O. The van der Waals surface area contributed by atoms with Crippen LogP contribution in [0.25, 0.3) is 22.0 Å². The number of aromatic nitrogens is 2. The molecule has 3 heterocycles. The molecule has 0 unspecified atom stereocenters. The van der Waals surface area contributed by atoms with Crippen LogP contribution >= 0.6 is 0 Å². The number of fused-ring (bicyclic) bond motifs is 2. The van der Waals surface area contributed by atoms with Gasteiger partial charge in [0.25, 0.3) is 6.01 Å². The van der Waals surface area contributed by atoms with E-state index in [4.69, 9.17) is 20.0 Å². The molecule has 1 aromatic carbocycles. The number of nitrogens with zero attached hydrogens (tertiary/aromatic N) is 3. The maximum absolute atomic E-state index is 11.1. The molecule has 118 valence electrons. The zero-order chi connectivity index (χ0) is 16.0. The lowest BCUT2D eigenvalue weighted by atomic mass is 10.1. The first-order valence-electron chi connectivity index (χ1n) is 7.18. The molecule has 0 radical (unpaired) electrons. The number of oxazole rings is 1. The van der Waals surface area contributed by atoms with Gasteiger partial charge < -0.3 is 24.9 Å². The summed E-state index contributed by atoms with van der Waals surface area (Å²) >= 11 is 0. The number of rotatable bonds is 2. The van der Waals surface area contributed by atoms with Crippen LogP contribution in [0.15, 0.2) is 22.6 Å². The van der Waals surface area contributed by atoms with Gasteiger partial charge in [-0.3, -0.25) is 0 Å². The van der Waals surface area contributed by atoms with Crippen molar-refractivity contribution in [1.29, 1.82) is 0 Å². The second kappa shape index (κ2) is 5.10. The van der Waals surface area contributed by atoms with E-state index in [0.717, 1.165) is 13.1 Å². The van der Waals surface area contributed by atoms with E-state index in [0.29, 0.717) is 41.2 Å². The number of carbonyl (C=O) groups is 1. The molecule has 8 heteroatoms. The van der Waals surface area contributed by atoms with Crippen LogP contribution in [0.3, 0.4) is 0 Å². The van der Waals surface area contributed by atoms with Gasteiger partial charge in [0, 0.05) is 18.5 Å². The minimum atomic E-state index is -1.15. The Morgan fingerprint density at radius 1 is 1.17 bits per heavy atom. The molecule has 4 rings (SSSR count). The van der Waals surface area contributed by atoms with E-state index in [2.05, 4.69) is 9.97 Å². The Bertz CT molecular complexity index is 915. The van der Waals surface area contributed by atoms with Gasteiger partial charge in [-0.2, -0.15) is 4.98 Å². The highest BCUT2D eigenvalue weighted by molar-refractivity contribution is 5.99. The molecule has 0 spiro atoms. The van der Waals surface area contributed by atoms with Crippen LogP contribution in [0, 0.1) is 0 Å². The molecule has 1 saturated heterocycles. The van der Waals surface area contributed by atoms with E-state index in [1.165, 1.54) is 0 Å². The fraction of sp³-hybridized carbons (Fsp3) is 0.267. The number of morpholine rings is 1. The first-order chi connectivity index (χ1) is 11.1. The molecule has 0 bridgehead atoms. The average Bonchev–Trinajstić information content (AvgIpc) is 2.95. The average molecular weight is 314 g/mol. The first kappa shape index (κ1) is 13.8. The number of hydrogen-bond acceptors (Lipinski definition) is 7. The van der Waals surface area contributed by atoms with Crippen molar-refractivity contribution in [2.45, 2.75) is 0 Å². The molecule has 0 atom stereocenters. The number of nitrogens with two attached hydrogens (primary N) is 1. The number of pyridine rings is 1. The van der Waals surface area contributed by atoms with Crippen molar-refractivity contribution in [2.75, 3.05) is 36.9 Å². The van der Waals surface area contributed by atoms with E-state index >= 15 is 0 Å². The van der Waals surface area contributed by atoms with Gasteiger partial charge in [-0.05, 0) is 18.2 Å². The van der Waals surface area contributed by atoms with Crippen LogP contribution in [-0.2, 0) is 4.74 Å². The lowest BCUT2D eigenvalue weighted by Crippen LogP contribution is -2.36. The van der Waals surface area contributed by atoms with Crippen LogP contribution in [0.4, 0.5) is 11.7 Å². The van der Waals surface area contributed by atoms with Crippen LogP contribution in [-0.4, -0.2) is 47.3 Å². The van der Waals surface area contributed by atoms with Gasteiger partial charge in [0.05, 0.1) is 24.4 Å². The normalized spacial score (nSPS) is 15.4. The minimum absolute atomic E-state index is 0.122. The number of anilines is 2. The van der Waals surface area contributed by atoms with Gasteiger partial charge in [0.2, 0.25) is 0 Å². The first-order valence-corrected chi connectivity index (χ1v) is 7.18. The van der Waals surface area contributed by atoms with Crippen LogP contribution in [0.1, 0.15) is 10.5 Å². The zero-order valence-corrected chi connectivity index (χ0v) is 12.2. The van der Waals surface area contributed by atoms with Crippen molar-refractivity contribution >= 4 is 39.7 Å². The van der Waals surface area contributed by atoms with Gasteiger partial charge >= 0.3 is 5.97 Å². The summed E-state index contributed by atoms with van der Waals surface area (Å²) in [5.74, 6) is -1.15. The lowest BCUT2D eigenvalue weighted by Gasteiger charge is -2.24. The Kier molecular flexibility index (Phi) is 3.05. The zero-order valence-electron chi connectivity index (χ0n) is 12.2. The molecule has 2 aromatic heterocycles. The number of ether oxygens (including phenoxy) is 1. The molecular formula is C15H14N4O4. The summed E-state index contributed by atoms with van der Waals surface area (Å²) in [4.78, 5) is 21.7. The number of hydrogen-bond donors (Lipinski definition) is 2. The summed E-state index contributed by atoms with van der Waals surface area (Å²) in [6, 6.07) is 5.60. The summed E-state index contributed by atoms with van der Waals surface area (Å²) in [5.41, 5.74) is 7.47. The van der Waals surface area contributed by atoms with Crippen LogP contribution < -0.4 is 10.6 Å². The second-order valence-corrected chi connectivity index (χ2v) is 5.34. The van der Waals surface area contributed by atoms with E-state index < -0.39 is 5.97 Å². The van der Waals surface area contributed by atoms with Crippen molar-refractivity contribution in [3.63, 3.8) is 0 Å². The topological polar surface area (TPSA) is 115 Å². The van der Waals surface area contributed by atoms with Crippen LogP contribution in [0.5, 0.6) is 0 Å². The minimum Gasteiger partial charge on any atom is -0.476 e. The standard InChI is InChI=1S/C15H14N4O4/c16-9-5-8-6-12-11(7-10(8)17-13(9)14(20)21)18-15(23-12)19-1-3-22-4-2-19/h5-7H,1-4,16H2,(H,20,21). The highest BCUT2D eigenvalue weighted by Gasteiger charge is 2.18. The third-order valence-corrected chi connectivity index (χ3v) is 3.83. The summed E-state index contributed by atoms with van der Waals surface area (Å²) in [6.07, 6.45) is 0. The second-order valence-electron chi connectivity index (χ2n) is 5.34. The Balaban J connectivity index is 1.84. The lowest BCUT2D eigenvalue weighted by molar-refractivity contribution is 0.0692. The molecule has 1 fully saturated rings. The number of nitrogen functional groups attached to an aromatic ring is 1. The molecule has 0 amide bonds. The molecule has 23 heavy (non-hydrogen) atoms. The molecule has 0 saturated carbocycles. The Labute approximate surface area is 130 Å². The summed E-state index contributed by atoms with van der Waals surface area (Å²) in [5, 5.41) is 9.83. The van der Waals surface area contributed by atoms with E-state index in [9.17, 15) is 4.79 Å². The fourth-order valence-electron chi connectivity index (χ4n) is 2.66. The maximum Gasteiger partial charge on any atom is 0.356 e. The van der Waals surface area contributed by atoms with Gasteiger partial charge in [-0.25, -0.2) is 9.78 Å². The predicted molar refractivity (Wildman–Crippen MR) is 83.7 cm³/mol. The third-order valence-electron chi connectivity index (χ3n) is 3.83. The summed E-state index contributed by atoms with van der Waals surface area (Å²) < 4.78 is 11.1. The van der Waals surface area contributed by atoms with E-state index in [1.807, 2.05) is 4.90 Å². The molecule has 3 N–H and O–H groups in total. The van der Waals surface area contributed by atoms with Crippen molar-refractivity contribution in [3.05, 3.63) is 23.9 Å². The molecule has 1 aliphatic rings. The van der Waals surface area contributed by atoms with Gasteiger partial charge in [0.15, 0.2) is 11.3 Å². The Morgan fingerprint density at radius 2 is 1.96 bits per heavy atom. The summed E-state index contributed by atoms with van der Waals surface area (Å²) in [6.45, 7) is 2.73. The van der Waals surface area contributed by atoms with Crippen molar-refractivity contribution in [2.24, 2.45) is 0 Å². The highest BCUT2D eigenvalue weighted by atomic mass is 16.5. The van der Waals surface area contributed by atoms with E-state index in [-0.39, 0.29) is 11.4 Å². The van der Waals surface area contributed by atoms with Crippen molar-refractivity contribution in [3.8, 4) is 0 Å². The summed E-state index contributed by atoms with van der Waals surface area (Å²) in [7, 11) is 0. The van der Waals surface area contributed by atoms with Gasteiger partial charge in [-0.1, -0.05) is 0 Å². The number of carboxylic acids is 1. The van der Waals surface area contributed by atoms with E-state index in [1.54, 1.807) is 18.2 Å². The smallest absolute Gasteiger partial charge is 0.356 e. The Hall–Kier alpha value is -2.87. The molecule has 0 aliphatic carbocycles. The quantitative estimate of drug-likeness (QED) is 0.731. The predicted octanol–water partition coefficient (Wildman–Crippen LogP) is 1.49. The maximum atomic E-state index is 11.1. The molecular weight excluding hydrogens is 300 g/mol. The monoisotopic (exact) mass is 314 g/mol. The third kappa shape index (κ3) is 2.33. The van der Waals surface area contributed by atoms with Gasteiger partial charge in [0.1, 0.15) is 5.52 Å². The Morgan fingerprint density at radius 3 is 2.70 bits per heavy atom. The van der Waals surface area contributed by atoms with Crippen LogP contribution in [0.2, 0.25) is 0 Å². The molecule has 8 nitrogen and oxygen atoms in total. The largest absolute Gasteiger partial charge is 0.476 e. The van der Waals surface area contributed by atoms with Gasteiger partial charge in [-0.15, -0.1) is 0 Å². The van der Waals surface area contributed by atoms with Crippen molar-refractivity contribution in [1.82, 2.24) is 9.97 Å². The molecule has 1 aliphatic heterocycles. The number of aromatic carboxylic acids is 1. The number of carboxylic acid groups (broad SMARTS) is 1. The van der Waals surface area contributed by atoms with Crippen molar-refractivity contribution < 1.29 is 19.1 Å².